The SMILES string of the molecule is Cc1ccc(-c2[nH]ncc2CNCCO)cc1. The lowest BCUT2D eigenvalue weighted by molar-refractivity contribution is 0.292. The molecule has 0 unspecified atom stereocenters. The Morgan fingerprint density at radius 3 is 2.76 bits per heavy atom. The van der Waals surface area contributed by atoms with Gasteiger partial charge in [0, 0.05) is 18.7 Å². The van der Waals surface area contributed by atoms with E-state index in [1.807, 2.05) is 6.20 Å². The Kier molecular flexibility index (Phi) is 3.90. The van der Waals surface area contributed by atoms with Crippen LogP contribution in [0.25, 0.3) is 11.3 Å². The molecule has 0 saturated heterocycles. The van der Waals surface area contributed by atoms with Crippen LogP contribution < -0.4 is 5.32 Å². The molecule has 0 aliphatic carbocycles. The van der Waals surface area contributed by atoms with Gasteiger partial charge in [-0.25, -0.2) is 0 Å². The average molecular weight is 231 g/mol. The molecule has 0 fully saturated rings. The molecule has 90 valence electrons. The van der Waals surface area contributed by atoms with Gasteiger partial charge in [-0.3, -0.25) is 5.10 Å². The van der Waals surface area contributed by atoms with Crippen LogP contribution in [0.1, 0.15) is 11.1 Å². The molecule has 0 atom stereocenters. The number of aryl methyl sites for hydroxylation is 1. The van der Waals surface area contributed by atoms with E-state index < -0.39 is 0 Å². The lowest BCUT2D eigenvalue weighted by Gasteiger charge is -2.04. The van der Waals surface area contributed by atoms with Crippen molar-refractivity contribution in [3.8, 4) is 11.3 Å². The topological polar surface area (TPSA) is 60.9 Å². The molecule has 1 heterocycles. The minimum Gasteiger partial charge on any atom is -0.395 e. The number of aliphatic hydroxyl groups is 1. The zero-order valence-electron chi connectivity index (χ0n) is 9.90. The minimum absolute atomic E-state index is 0.151. The molecule has 17 heavy (non-hydrogen) atoms. The van der Waals surface area contributed by atoms with Crippen LogP contribution in [-0.2, 0) is 6.54 Å². The van der Waals surface area contributed by atoms with Crippen molar-refractivity contribution in [2.75, 3.05) is 13.2 Å². The summed E-state index contributed by atoms with van der Waals surface area (Å²) in [6.07, 6.45) is 1.82. The van der Waals surface area contributed by atoms with Crippen molar-refractivity contribution in [3.05, 3.63) is 41.6 Å². The molecule has 3 N–H and O–H groups in total. The Bertz CT molecular complexity index is 462. The van der Waals surface area contributed by atoms with Gasteiger partial charge in [-0.15, -0.1) is 0 Å². The van der Waals surface area contributed by atoms with E-state index in [4.69, 9.17) is 5.11 Å². The molecule has 0 aliphatic rings. The summed E-state index contributed by atoms with van der Waals surface area (Å²) in [7, 11) is 0. The Labute approximate surface area is 101 Å². The van der Waals surface area contributed by atoms with E-state index in [1.54, 1.807) is 0 Å². The second kappa shape index (κ2) is 5.61. The number of aromatic amines is 1. The highest BCUT2D eigenvalue weighted by molar-refractivity contribution is 5.62. The van der Waals surface area contributed by atoms with E-state index >= 15 is 0 Å². The van der Waals surface area contributed by atoms with Crippen molar-refractivity contribution in [3.63, 3.8) is 0 Å². The maximum atomic E-state index is 8.73. The number of nitrogens with zero attached hydrogens (tertiary/aromatic N) is 1. The molecule has 0 radical (unpaired) electrons. The molecular formula is C13H17N3O. The molecule has 0 saturated carbocycles. The van der Waals surface area contributed by atoms with Crippen LogP contribution in [0, 0.1) is 6.92 Å². The van der Waals surface area contributed by atoms with Crippen LogP contribution in [0.3, 0.4) is 0 Å². The van der Waals surface area contributed by atoms with Gasteiger partial charge < -0.3 is 10.4 Å². The summed E-state index contributed by atoms with van der Waals surface area (Å²) in [6, 6.07) is 8.33. The number of nitrogens with one attached hydrogen (secondary N) is 2. The fraction of sp³-hybridized carbons (Fsp3) is 0.308. The molecule has 1 aromatic carbocycles. The monoisotopic (exact) mass is 231 g/mol. The van der Waals surface area contributed by atoms with Crippen molar-refractivity contribution < 1.29 is 5.11 Å². The van der Waals surface area contributed by atoms with Gasteiger partial charge in [-0.05, 0) is 12.5 Å². The second-order valence-electron chi connectivity index (χ2n) is 4.04. The third-order valence-corrected chi connectivity index (χ3v) is 2.66. The quantitative estimate of drug-likeness (QED) is 0.683. The molecule has 0 bridgehead atoms. The molecule has 0 spiro atoms. The predicted molar refractivity (Wildman–Crippen MR) is 67.6 cm³/mol. The summed E-state index contributed by atoms with van der Waals surface area (Å²) in [5, 5.41) is 19.0. The number of aliphatic hydroxyl groups excluding tert-OH is 1. The molecule has 1 aromatic heterocycles. The summed E-state index contributed by atoms with van der Waals surface area (Å²) in [4.78, 5) is 0. The van der Waals surface area contributed by atoms with Crippen molar-refractivity contribution in [2.24, 2.45) is 0 Å². The number of benzene rings is 1. The molecule has 4 heteroatoms. The van der Waals surface area contributed by atoms with Crippen LogP contribution in [0.5, 0.6) is 0 Å². The Morgan fingerprint density at radius 2 is 2.06 bits per heavy atom. The van der Waals surface area contributed by atoms with E-state index in [-0.39, 0.29) is 6.61 Å². The maximum Gasteiger partial charge on any atom is 0.0695 e. The van der Waals surface area contributed by atoms with Crippen LogP contribution >= 0.6 is 0 Å². The second-order valence-corrected chi connectivity index (χ2v) is 4.04. The fourth-order valence-electron chi connectivity index (χ4n) is 1.72. The number of aromatic nitrogens is 2. The van der Waals surface area contributed by atoms with Crippen LogP contribution in [0.2, 0.25) is 0 Å². The highest BCUT2D eigenvalue weighted by Crippen LogP contribution is 2.21. The van der Waals surface area contributed by atoms with Crippen molar-refractivity contribution in [1.29, 1.82) is 0 Å². The van der Waals surface area contributed by atoms with E-state index in [0.717, 1.165) is 16.8 Å². The van der Waals surface area contributed by atoms with Crippen molar-refractivity contribution in [2.45, 2.75) is 13.5 Å². The van der Waals surface area contributed by atoms with Gasteiger partial charge in [-0.1, -0.05) is 29.8 Å². The zero-order valence-corrected chi connectivity index (χ0v) is 9.90. The van der Waals surface area contributed by atoms with Crippen LogP contribution in [0.15, 0.2) is 30.5 Å². The molecule has 0 aliphatic heterocycles. The Morgan fingerprint density at radius 1 is 1.29 bits per heavy atom. The van der Waals surface area contributed by atoms with Gasteiger partial charge in [0.2, 0.25) is 0 Å². The lowest BCUT2D eigenvalue weighted by Crippen LogP contribution is -2.17. The average Bonchev–Trinajstić information content (AvgIpc) is 2.79. The number of hydrogen-bond donors (Lipinski definition) is 3. The van der Waals surface area contributed by atoms with E-state index in [9.17, 15) is 0 Å². The number of rotatable bonds is 5. The van der Waals surface area contributed by atoms with Gasteiger partial charge in [0.1, 0.15) is 0 Å². The first kappa shape index (κ1) is 11.8. The first-order valence-corrected chi connectivity index (χ1v) is 5.72. The van der Waals surface area contributed by atoms with Crippen LogP contribution in [-0.4, -0.2) is 28.5 Å². The first-order chi connectivity index (χ1) is 8.31. The Hall–Kier alpha value is -1.65. The summed E-state index contributed by atoms with van der Waals surface area (Å²) in [5.74, 6) is 0. The lowest BCUT2D eigenvalue weighted by atomic mass is 10.1. The van der Waals surface area contributed by atoms with Crippen LogP contribution in [0.4, 0.5) is 0 Å². The molecule has 2 rings (SSSR count). The van der Waals surface area contributed by atoms with E-state index in [1.165, 1.54) is 5.56 Å². The number of hydrogen-bond acceptors (Lipinski definition) is 3. The maximum absolute atomic E-state index is 8.73. The molecular weight excluding hydrogens is 214 g/mol. The largest absolute Gasteiger partial charge is 0.395 e. The zero-order chi connectivity index (χ0) is 12.1. The summed E-state index contributed by atoms with van der Waals surface area (Å²) in [6.45, 7) is 3.52. The van der Waals surface area contributed by atoms with E-state index in [2.05, 4.69) is 46.7 Å². The Balaban J connectivity index is 2.15. The molecule has 2 aromatic rings. The smallest absolute Gasteiger partial charge is 0.0695 e. The highest BCUT2D eigenvalue weighted by Gasteiger charge is 2.06. The number of H-pyrrole nitrogens is 1. The normalized spacial score (nSPS) is 10.7. The summed E-state index contributed by atoms with van der Waals surface area (Å²) >= 11 is 0. The van der Waals surface area contributed by atoms with Crippen molar-refractivity contribution >= 4 is 0 Å². The summed E-state index contributed by atoms with van der Waals surface area (Å²) < 4.78 is 0. The van der Waals surface area contributed by atoms with Gasteiger partial charge in [0.15, 0.2) is 0 Å². The third kappa shape index (κ3) is 2.93. The predicted octanol–water partition coefficient (Wildman–Crippen LogP) is 1.47. The van der Waals surface area contributed by atoms with Gasteiger partial charge >= 0.3 is 0 Å². The van der Waals surface area contributed by atoms with Gasteiger partial charge in [0.05, 0.1) is 18.5 Å². The highest BCUT2D eigenvalue weighted by atomic mass is 16.3. The third-order valence-electron chi connectivity index (χ3n) is 2.66. The first-order valence-electron chi connectivity index (χ1n) is 5.72. The summed E-state index contributed by atoms with van der Waals surface area (Å²) in [5.41, 5.74) is 4.53. The van der Waals surface area contributed by atoms with Crippen molar-refractivity contribution in [1.82, 2.24) is 15.5 Å². The molecule has 4 nitrogen and oxygen atoms in total. The fourth-order valence-corrected chi connectivity index (χ4v) is 1.72. The van der Waals surface area contributed by atoms with Gasteiger partial charge in [0.25, 0.3) is 0 Å². The standard InChI is InChI=1S/C13H17N3O/c1-10-2-4-11(5-3-10)13-12(9-15-16-13)8-14-6-7-17/h2-5,9,14,17H,6-8H2,1H3,(H,15,16). The van der Waals surface area contributed by atoms with Gasteiger partial charge in [-0.2, -0.15) is 5.10 Å². The van der Waals surface area contributed by atoms with E-state index in [0.29, 0.717) is 13.1 Å². The molecule has 0 amide bonds. The minimum atomic E-state index is 0.151.